The lowest BCUT2D eigenvalue weighted by Gasteiger charge is -2.22. The number of hydrazine groups is 1. The molecule has 0 radical (unpaired) electrons. The molecule has 4 rings (SSSR count). The van der Waals surface area contributed by atoms with Crippen molar-refractivity contribution in [2.24, 2.45) is 5.84 Å². The molecule has 2 aromatic rings. The maximum Gasteiger partial charge on any atom is 0.124 e. The number of ether oxygens (including phenoxy) is 1. The van der Waals surface area contributed by atoms with E-state index in [-0.39, 0.29) is 6.04 Å². The van der Waals surface area contributed by atoms with E-state index >= 15 is 0 Å². The van der Waals surface area contributed by atoms with Gasteiger partial charge < -0.3 is 4.74 Å². The number of para-hydroxylation sites is 1. The summed E-state index contributed by atoms with van der Waals surface area (Å²) in [6.07, 6.45) is 6.68. The van der Waals surface area contributed by atoms with Crippen LogP contribution in [0.3, 0.4) is 0 Å². The zero-order valence-corrected chi connectivity index (χ0v) is 21.4. The minimum atomic E-state index is -0.113. The molecule has 3 N–H and O–H groups in total. The van der Waals surface area contributed by atoms with Crippen LogP contribution in [-0.2, 0) is 13.1 Å². The van der Waals surface area contributed by atoms with Crippen LogP contribution >= 0.6 is 0 Å². The molecule has 188 valence electrons. The molecule has 1 saturated heterocycles. The van der Waals surface area contributed by atoms with Crippen molar-refractivity contribution < 1.29 is 4.74 Å². The number of methoxy groups -OCH3 is 1. The largest absolute Gasteiger partial charge is 0.496 e. The first-order valence-electron chi connectivity index (χ1n) is 12.4. The van der Waals surface area contributed by atoms with E-state index in [1.165, 1.54) is 11.1 Å². The van der Waals surface area contributed by atoms with Crippen molar-refractivity contribution in [3.8, 4) is 5.75 Å². The summed E-state index contributed by atoms with van der Waals surface area (Å²) in [4.78, 5) is 9.71. The Morgan fingerprint density at radius 2 is 1.71 bits per heavy atom. The Kier molecular flexibility index (Phi) is 9.09. The number of nitrogens with zero attached hydrogens (tertiary/aromatic N) is 4. The number of nitrogens with one attached hydrogen (secondary N) is 1. The molecule has 7 nitrogen and oxygen atoms in total. The van der Waals surface area contributed by atoms with Crippen molar-refractivity contribution in [1.82, 2.24) is 25.0 Å². The third-order valence-corrected chi connectivity index (χ3v) is 6.63. The zero-order chi connectivity index (χ0) is 24.6. The van der Waals surface area contributed by atoms with Gasteiger partial charge in [-0.15, -0.1) is 0 Å². The molecule has 0 bridgehead atoms. The quantitative estimate of drug-likeness (QED) is 0.404. The molecule has 35 heavy (non-hydrogen) atoms. The normalized spacial score (nSPS) is 18.6. The van der Waals surface area contributed by atoms with E-state index in [0.29, 0.717) is 0 Å². The van der Waals surface area contributed by atoms with Crippen LogP contribution in [0.5, 0.6) is 5.75 Å². The van der Waals surface area contributed by atoms with E-state index in [1.54, 1.807) is 7.11 Å². The summed E-state index contributed by atoms with van der Waals surface area (Å²) < 4.78 is 5.57. The first-order chi connectivity index (χ1) is 17.1. The van der Waals surface area contributed by atoms with Crippen LogP contribution in [0.25, 0.3) is 0 Å². The van der Waals surface area contributed by atoms with Crippen LogP contribution in [0.1, 0.15) is 22.7 Å². The van der Waals surface area contributed by atoms with Gasteiger partial charge in [-0.25, -0.2) is 5.43 Å². The zero-order valence-electron chi connectivity index (χ0n) is 21.4. The van der Waals surface area contributed by atoms with Gasteiger partial charge in [0.15, 0.2) is 0 Å². The van der Waals surface area contributed by atoms with Crippen molar-refractivity contribution in [1.29, 1.82) is 0 Å². The SMILES string of the molecule is COc1ccccc1C(NN)C1=CCN(Cc2cccc(CN3CCN(CN(C)C)C3)c2)CC=C1. The van der Waals surface area contributed by atoms with Gasteiger partial charge in [-0.05, 0) is 36.9 Å². The second-order valence-electron chi connectivity index (χ2n) is 9.77. The predicted molar refractivity (Wildman–Crippen MR) is 143 cm³/mol. The van der Waals surface area contributed by atoms with E-state index in [2.05, 4.69) is 87.7 Å². The van der Waals surface area contributed by atoms with Crippen molar-refractivity contribution >= 4 is 0 Å². The third kappa shape index (κ3) is 7.01. The Bertz CT molecular complexity index is 1020. The molecule has 1 unspecified atom stereocenters. The molecule has 2 aromatic carbocycles. The summed E-state index contributed by atoms with van der Waals surface area (Å²) in [7, 11) is 5.96. The second kappa shape index (κ2) is 12.4. The number of hydrogen-bond donors (Lipinski definition) is 2. The lowest BCUT2D eigenvalue weighted by molar-refractivity contribution is 0.172. The smallest absolute Gasteiger partial charge is 0.124 e. The van der Waals surface area contributed by atoms with Gasteiger partial charge in [-0.2, -0.15) is 0 Å². The van der Waals surface area contributed by atoms with Gasteiger partial charge in [-0.1, -0.05) is 60.7 Å². The van der Waals surface area contributed by atoms with Crippen LogP contribution in [0, 0.1) is 0 Å². The summed E-state index contributed by atoms with van der Waals surface area (Å²) in [6, 6.07) is 17.0. The Labute approximate surface area is 210 Å². The van der Waals surface area contributed by atoms with E-state index in [4.69, 9.17) is 10.6 Å². The molecule has 0 amide bonds. The lowest BCUT2D eigenvalue weighted by Crippen LogP contribution is -2.33. The average molecular weight is 477 g/mol. The molecule has 2 aliphatic rings. The van der Waals surface area contributed by atoms with Gasteiger partial charge in [0.1, 0.15) is 5.75 Å². The first kappa shape index (κ1) is 25.6. The highest BCUT2D eigenvalue weighted by atomic mass is 16.5. The Morgan fingerprint density at radius 1 is 0.971 bits per heavy atom. The molecule has 2 aliphatic heterocycles. The minimum absolute atomic E-state index is 0.113. The van der Waals surface area contributed by atoms with Crippen molar-refractivity contribution in [2.45, 2.75) is 19.1 Å². The van der Waals surface area contributed by atoms with E-state index in [0.717, 1.165) is 69.5 Å². The highest BCUT2D eigenvalue weighted by Crippen LogP contribution is 2.30. The standard InChI is InChI=1S/C28H40N6O/c1-31(2)21-34-17-16-33(22-34)20-24-9-6-8-23(18-24)19-32-14-7-10-25(13-15-32)28(30-29)26-11-4-5-12-27(26)35-3/h4-13,18,28,30H,14-17,19-22,29H2,1-3H3. The topological polar surface area (TPSA) is 60.2 Å². The first-order valence-corrected chi connectivity index (χ1v) is 12.4. The predicted octanol–water partition coefficient (Wildman–Crippen LogP) is 2.79. The molecule has 0 aliphatic carbocycles. The van der Waals surface area contributed by atoms with E-state index in [9.17, 15) is 0 Å². The van der Waals surface area contributed by atoms with Gasteiger partial charge in [0.2, 0.25) is 0 Å². The number of benzene rings is 2. The van der Waals surface area contributed by atoms with Crippen LogP contribution in [0.2, 0.25) is 0 Å². The van der Waals surface area contributed by atoms with Gasteiger partial charge in [-0.3, -0.25) is 25.4 Å². The maximum atomic E-state index is 5.98. The fraction of sp³-hybridized carbons (Fsp3) is 0.429. The van der Waals surface area contributed by atoms with Crippen LogP contribution in [-0.4, -0.2) is 80.3 Å². The Morgan fingerprint density at radius 3 is 2.46 bits per heavy atom. The summed E-state index contributed by atoms with van der Waals surface area (Å²) in [5.74, 6) is 6.82. The van der Waals surface area contributed by atoms with Crippen LogP contribution in [0.4, 0.5) is 0 Å². The van der Waals surface area contributed by atoms with E-state index in [1.807, 2.05) is 18.2 Å². The Balaban J connectivity index is 1.37. The fourth-order valence-electron chi connectivity index (χ4n) is 5.02. The molecular weight excluding hydrogens is 436 g/mol. The molecule has 1 fully saturated rings. The molecule has 7 heteroatoms. The highest BCUT2D eigenvalue weighted by Gasteiger charge is 2.21. The van der Waals surface area contributed by atoms with E-state index < -0.39 is 0 Å². The maximum absolute atomic E-state index is 5.98. The average Bonchev–Trinajstić information content (AvgIpc) is 3.15. The van der Waals surface area contributed by atoms with Gasteiger partial charge in [0.25, 0.3) is 0 Å². The van der Waals surface area contributed by atoms with Crippen molar-refractivity contribution in [3.63, 3.8) is 0 Å². The summed E-state index contributed by atoms with van der Waals surface area (Å²) >= 11 is 0. The van der Waals surface area contributed by atoms with Gasteiger partial charge in [0.05, 0.1) is 26.5 Å². The molecule has 0 saturated carbocycles. The molecule has 0 aromatic heterocycles. The van der Waals surface area contributed by atoms with Gasteiger partial charge >= 0.3 is 0 Å². The Hall–Kier alpha value is -2.52. The minimum Gasteiger partial charge on any atom is -0.496 e. The fourth-order valence-corrected chi connectivity index (χ4v) is 5.02. The lowest BCUT2D eigenvalue weighted by atomic mass is 9.97. The highest BCUT2D eigenvalue weighted by molar-refractivity contribution is 5.43. The summed E-state index contributed by atoms with van der Waals surface area (Å²) in [6.45, 7) is 8.02. The van der Waals surface area contributed by atoms with Crippen LogP contribution < -0.4 is 16.0 Å². The molecule has 1 atom stereocenters. The van der Waals surface area contributed by atoms with Crippen molar-refractivity contribution in [3.05, 3.63) is 89.0 Å². The number of rotatable bonds is 10. The third-order valence-electron chi connectivity index (χ3n) is 6.63. The monoisotopic (exact) mass is 476 g/mol. The van der Waals surface area contributed by atoms with Crippen molar-refractivity contribution in [2.75, 3.05) is 60.7 Å². The molecule has 2 heterocycles. The number of hydrogen-bond acceptors (Lipinski definition) is 7. The summed E-state index contributed by atoms with van der Waals surface area (Å²) in [5.41, 5.74) is 7.93. The summed E-state index contributed by atoms with van der Waals surface area (Å²) in [5, 5.41) is 0. The second-order valence-corrected chi connectivity index (χ2v) is 9.77. The molecular formula is C28H40N6O. The van der Waals surface area contributed by atoms with Gasteiger partial charge in [0, 0.05) is 44.8 Å². The number of nitrogens with two attached hydrogens (primary N) is 1. The van der Waals surface area contributed by atoms with Crippen LogP contribution in [0.15, 0.2) is 72.3 Å². The molecule has 0 spiro atoms.